The van der Waals surface area contributed by atoms with Gasteiger partial charge in [0.2, 0.25) is 0 Å². The molecule has 3 rings (SSSR count). The van der Waals surface area contributed by atoms with Gasteiger partial charge in [0.1, 0.15) is 5.75 Å². The van der Waals surface area contributed by atoms with Crippen LogP contribution >= 0.6 is 0 Å². The van der Waals surface area contributed by atoms with Gasteiger partial charge in [0.15, 0.2) is 0 Å². The third-order valence-electron chi connectivity index (χ3n) is 3.07. The Hall–Kier alpha value is -1.54. The van der Waals surface area contributed by atoms with Crippen LogP contribution in [0, 0.1) is 0 Å². The van der Waals surface area contributed by atoms with Gasteiger partial charge in [0, 0.05) is 6.04 Å². The standard InChI is InChI=1S/C13H13NO/c15-12-4-3-9-7-11(13-5-6-14-13)2-1-10(9)8-12/h1-4,7-8,13-15H,5-6H2/t13-/m1/s1. The van der Waals surface area contributed by atoms with Crippen LogP contribution in [-0.2, 0) is 0 Å². The molecular weight excluding hydrogens is 186 g/mol. The summed E-state index contributed by atoms with van der Waals surface area (Å²) in [6, 6.07) is 12.4. The van der Waals surface area contributed by atoms with Crippen molar-refractivity contribution in [2.24, 2.45) is 0 Å². The lowest BCUT2D eigenvalue weighted by atomic mass is 9.95. The maximum atomic E-state index is 9.35. The Labute approximate surface area is 88.5 Å². The fraction of sp³-hybridized carbons (Fsp3) is 0.231. The van der Waals surface area contributed by atoms with Gasteiger partial charge in [-0.25, -0.2) is 0 Å². The van der Waals surface area contributed by atoms with Crippen LogP contribution in [0.5, 0.6) is 5.75 Å². The fourth-order valence-corrected chi connectivity index (χ4v) is 2.04. The van der Waals surface area contributed by atoms with E-state index in [1.807, 2.05) is 6.07 Å². The largest absolute Gasteiger partial charge is 0.508 e. The number of nitrogens with one attached hydrogen (secondary N) is 1. The molecule has 0 saturated carbocycles. The Balaban J connectivity index is 2.09. The van der Waals surface area contributed by atoms with Crippen LogP contribution in [0.15, 0.2) is 36.4 Å². The molecule has 0 amide bonds. The summed E-state index contributed by atoms with van der Waals surface area (Å²) in [5.74, 6) is 0.331. The zero-order valence-corrected chi connectivity index (χ0v) is 8.40. The monoisotopic (exact) mass is 199 g/mol. The predicted octanol–water partition coefficient (Wildman–Crippen LogP) is 2.58. The molecule has 0 spiro atoms. The molecule has 1 saturated heterocycles. The van der Waals surface area contributed by atoms with E-state index in [1.165, 1.54) is 17.4 Å². The predicted molar refractivity (Wildman–Crippen MR) is 61.0 cm³/mol. The van der Waals surface area contributed by atoms with Crippen LogP contribution in [0.1, 0.15) is 18.0 Å². The van der Waals surface area contributed by atoms with Crippen LogP contribution in [0.25, 0.3) is 10.8 Å². The summed E-state index contributed by atoms with van der Waals surface area (Å²) >= 11 is 0. The minimum Gasteiger partial charge on any atom is -0.508 e. The first-order valence-corrected chi connectivity index (χ1v) is 5.29. The van der Waals surface area contributed by atoms with E-state index in [1.54, 1.807) is 12.1 Å². The van der Waals surface area contributed by atoms with Gasteiger partial charge in [-0.3, -0.25) is 0 Å². The first kappa shape index (κ1) is 8.74. The number of phenols is 1. The third kappa shape index (κ3) is 1.47. The lowest BCUT2D eigenvalue weighted by molar-refractivity contribution is 0.383. The molecule has 2 nitrogen and oxygen atoms in total. The number of fused-ring (bicyclic) bond motifs is 1. The Morgan fingerprint density at radius 3 is 2.53 bits per heavy atom. The smallest absolute Gasteiger partial charge is 0.116 e. The molecule has 1 aliphatic heterocycles. The second kappa shape index (κ2) is 3.24. The molecule has 0 bridgehead atoms. The molecule has 2 aromatic rings. The van der Waals surface area contributed by atoms with E-state index in [2.05, 4.69) is 23.5 Å². The highest BCUT2D eigenvalue weighted by molar-refractivity contribution is 5.84. The Morgan fingerprint density at radius 2 is 1.80 bits per heavy atom. The lowest BCUT2D eigenvalue weighted by Gasteiger charge is -2.28. The minimum absolute atomic E-state index is 0.331. The van der Waals surface area contributed by atoms with Crippen molar-refractivity contribution in [3.8, 4) is 5.75 Å². The third-order valence-corrected chi connectivity index (χ3v) is 3.07. The molecular formula is C13H13NO. The summed E-state index contributed by atoms with van der Waals surface area (Å²) in [5.41, 5.74) is 1.35. The number of rotatable bonds is 1. The highest BCUT2D eigenvalue weighted by Crippen LogP contribution is 2.27. The van der Waals surface area contributed by atoms with Crippen molar-refractivity contribution in [1.82, 2.24) is 5.32 Å². The number of phenolic OH excluding ortho intramolecular Hbond substituents is 1. The van der Waals surface area contributed by atoms with Crippen molar-refractivity contribution < 1.29 is 5.11 Å². The van der Waals surface area contributed by atoms with Gasteiger partial charge in [-0.15, -0.1) is 0 Å². The quantitative estimate of drug-likeness (QED) is 0.739. The molecule has 0 aromatic heterocycles. The molecule has 1 fully saturated rings. The van der Waals surface area contributed by atoms with Crippen LogP contribution in [-0.4, -0.2) is 11.7 Å². The SMILES string of the molecule is Oc1ccc2cc([C@H]3CCN3)ccc2c1. The van der Waals surface area contributed by atoms with E-state index < -0.39 is 0 Å². The van der Waals surface area contributed by atoms with E-state index in [0.717, 1.165) is 11.9 Å². The zero-order chi connectivity index (χ0) is 10.3. The van der Waals surface area contributed by atoms with Crippen LogP contribution < -0.4 is 5.32 Å². The van der Waals surface area contributed by atoms with Crippen LogP contribution in [0.2, 0.25) is 0 Å². The van der Waals surface area contributed by atoms with E-state index in [-0.39, 0.29) is 0 Å². The highest BCUT2D eigenvalue weighted by atomic mass is 16.3. The molecule has 1 atom stereocenters. The molecule has 2 aromatic carbocycles. The minimum atomic E-state index is 0.331. The summed E-state index contributed by atoms with van der Waals surface area (Å²) in [7, 11) is 0. The van der Waals surface area contributed by atoms with Crippen molar-refractivity contribution in [2.75, 3.05) is 6.54 Å². The van der Waals surface area contributed by atoms with Crippen molar-refractivity contribution in [1.29, 1.82) is 0 Å². The van der Waals surface area contributed by atoms with Crippen LogP contribution in [0.3, 0.4) is 0 Å². The molecule has 2 N–H and O–H groups in total. The normalized spacial score (nSPS) is 20.1. The van der Waals surface area contributed by atoms with Gasteiger partial charge in [0.25, 0.3) is 0 Å². The van der Waals surface area contributed by atoms with E-state index >= 15 is 0 Å². The van der Waals surface area contributed by atoms with E-state index in [4.69, 9.17) is 0 Å². The first-order valence-electron chi connectivity index (χ1n) is 5.29. The fourth-order valence-electron chi connectivity index (χ4n) is 2.04. The number of aromatic hydroxyl groups is 1. The van der Waals surface area contributed by atoms with Crippen molar-refractivity contribution in [3.63, 3.8) is 0 Å². The zero-order valence-electron chi connectivity index (χ0n) is 8.40. The maximum Gasteiger partial charge on any atom is 0.116 e. The summed E-state index contributed by atoms with van der Waals surface area (Å²) in [6.07, 6.45) is 1.23. The summed E-state index contributed by atoms with van der Waals surface area (Å²) in [5, 5.41) is 15.0. The average molecular weight is 199 g/mol. The first-order chi connectivity index (χ1) is 7.33. The molecule has 2 heteroatoms. The van der Waals surface area contributed by atoms with Gasteiger partial charge in [-0.1, -0.05) is 18.2 Å². The van der Waals surface area contributed by atoms with Gasteiger partial charge in [-0.05, 0) is 47.5 Å². The second-order valence-corrected chi connectivity index (χ2v) is 4.09. The second-order valence-electron chi connectivity index (χ2n) is 4.09. The summed E-state index contributed by atoms with van der Waals surface area (Å²) in [4.78, 5) is 0. The Kier molecular flexibility index (Phi) is 1.89. The Bertz CT molecular complexity index is 503. The summed E-state index contributed by atoms with van der Waals surface area (Å²) in [6.45, 7) is 1.12. The molecule has 0 radical (unpaired) electrons. The molecule has 1 aliphatic rings. The Morgan fingerprint density at radius 1 is 1.07 bits per heavy atom. The maximum absolute atomic E-state index is 9.35. The van der Waals surface area contributed by atoms with Gasteiger partial charge < -0.3 is 10.4 Å². The van der Waals surface area contributed by atoms with Crippen molar-refractivity contribution in [3.05, 3.63) is 42.0 Å². The topological polar surface area (TPSA) is 32.3 Å². The highest BCUT2D eigenvalue weighted by Gasteiger charge is 2.18. The lowest BCUT2D eigenvalue weighted by Crippen LogP contribution is -2.34. The molecule has 0 aliphatic carbocycles. The van der Waals surface area contributed by atoms with E-state index in [0.29, 0.717) is 11.8 Å². The van der Waals surface area contributed by atoms with Crippen LogP contribution in [0.4, 0.5) is 0 Å². The van der Waals surface area contributed by atoms with Crippen molar-refractivity contribution in [2.45, 2.75) is 12.5 Å². The van der Waals surface area contributed by atoms with E-state index in [9.17, 15) is 5.11 Å². The van der Waals surface area contributed by atoms with Gasteiger partial charge >= 0.3 is 0 Å². The molecule has 76 valence electrons. The number of hydrogen-bond acceptors (Lipinski definition) is 2. The molecule has 15 heavy (non-hydrogen) atoms. The van der Waals surface area contributed by atoms with Gasteiger partial charge in [0.05, 0.1) is 0 Å². The molecule has 1 heterocycles. The average Bonchev–Trinajstić information content (AvgIpc) is 2.15. The summed E-state index contributed by atoms with van der Waals surface area (Å²) < 4.78 is 0. The van der Waals surface area contributed by atoms with Crippen molar-refractivity contribution >= 4 is 10.8 Å². The number of hydrogen-bond donors (Lipinski definition) is 2. The molecule has 0 unspecified atom stereocenters. The van der Waals surface area contributed by atoms with Gasteiger partial charge in [-0.2, -0.15) is 0 Å². The number of benzene rings is 2.